The average Bonchev–Trinajstić information content (AvgIpc) is 3.54. The molecule has 1 aliphatic rings. The smallest absolute Gasteiger partial charge is 0.263 e. The number of nitrogens with zero attached hydrogens (tertiary/aromatic N) is 3. The number of aromatic nitrogens is 3. The first-order chi connectivity index (χ1) is 18.7. The fourth-order valence-corrected chi connectivity index (χ4v) is 7.52. The molecule has 0 spiro atoms. The molecule has 1 N–H and O–H groups in total. The topological polar surface area (TPSA) is 120 Å². The van der Waals surface area contributed by atoms with Crippen LogP contribution in [0.5, 0.6) is 0 Å². The molecule has 0 aliphatic carbocycles. The molecule has 3 aromatic carbocycles. The lowest BCUT2D eigenvalue weighted by Crippen LogP contribution is -2.21. The summed E-state index contributed by atoms with van der Waals surface area (Å²) in [6.45, 7) is 2.65. The summed E-state index contributed by atoms with van der Waals surface area (Å²) in [6.07, 6.45) is 1.38. The third-order valence-corrected chi connectivity index (χ3v) is 9.97. The molecule has 0 radical (unpaired) electrons. The van der Waals surface area contributed by atoms with Crippen LogP contribution < -0.4 is 4.72 Å². The van der Waals surface area contributed by atoms with Crippen LogP contribution in [-0.2, 0) is 31.1 Å². The van der Waals surface area contributed by atoms with E-state index in [0.717, 1.165) is 18.4 Å². The summed E-state index contributed by atoms with van der Waals surface area (Å²) in [5.41, 5.74) is 2.31. The Morgan fingerprint density at radius 2 is 1.54 bits per heavy atom. The number of hydrogen-bond donors (Lipinski definition) is 1. The second-order valence-corrected chi connectivity index (χ2v) is 13.1. The summed E-state index contributed by atoms with van der Waals surface area (Å²) >= 11 is 0. The molecular weight excluding hydrogens is 536 g/mol. The lowest BCUT2D eigenvalue weighted by Gasteiger charge is -2.17. The summed E-state index contributed by atoms with van der Waals surface area (Å²) in [6, 6.07) is 21.4. The van der Waals surface area contributed by atoms with Gasteiger partial charge in [-0.1, -0.05) is 48.0 Å². The van der Waals surface area contributed by atoms with E-state index in [4.69, 9.17) is 14.7 Å². The van der Waals surface area contributed by atoms with Crippen molar-refractivity contribution in [3.05, 3.63) is 84.4 Å². The van der Waals surface area contributed by atoms with Crippen molar-refractivity contribution in [1.82, 2.24) is 14.5 Å². The summed E-state index contributed by atoms with van der Waals surface area (Å²) < 4.78 is 65.7. The number of aryl methyl sites for hydroxylation is 1. The zero-order valence-corrected chi connectivity index (χ0v) is 22.7. The first-order valence-corrected chi connectivity index (χ1v) is 15.5. The van der Waals surface area contributed by atoms with E-state index in [1.165, 1.54) is 24.3 Å². The standard InChI is InChI=1S/C28H26N4O5S2/c1-19-13-15-21(16-14-19)38(33,34)26-25-27(30-24-12-6-5-11-23(24)29-25)32(18-20-8-7-17-37-20)28(26)31-39(35,36)22-9-3-2-4-10-22/h2-6,9-16,20,31H,7-8,17-18H2,1H3. The molecule has 5 aromatic rings. The van der Waals surface area contributed by atoms with Gasteiger partial charge in [-0.3, -0.25) is 4.72 Å². The number of nitrogens with one attached hydrogen (secondary N) is 1. The molecule has 11 heteroatoms. The van der Waals surface area contributed by atoms with Crippen LogP contribution in [0.4, 0.5) is 5.82 Å². The van der Waals surface area contributed by atoms with E-state index in [-0.39, 0.29) is 44.3 Å². The highest BCUT2D eigenvalue weighted by molar-refractivity contribution is 7.93. The minimum atomic E-state index is -4.24. The van der Waals surface area contributed by atoms with Gasteiger partial charge in [0.2, 0.25) is 9.84 Å². The van der Waals surface area contributed by atoms with Crippen molar-refractivity contribution in [2.75, 3.05) is 11.3 Å². The maximum absolute atomic E-state index is 14.2. The second-order valence-electron chi connectivity index (χ2n) is 9.54. The third kappa shape index (κ3) is 4.66. The zero-order valence-electron chi connectivity index (χ0n) is 21.1. The molecule has 1 aliphatic heterocycles. The van der Waals surface area contributed by atoms with Gasteiger partial charge in [0.25, 0.3) is 10.0 Å². The van der Waals surface area contributed by atoms with Gasteiger partial charge in [-0.15, -0.1) is 0 Å². The molecule has 1 atom stereocenters. The van der Waals surface area contributed by atoms with Gasteiger partial charge in [-0.25, -0.2) is 26.8 Å². The first kappa shape index (κ1) is 25.5. The van der Waals surface area contributed by atoms with E-state index in [2.05, 4.69) is 4.72 Å². The predicted molar refractivity (Wildman–Crippen MR) is 148 cm³/mol. The number of ether oxygens (including phenoxy) is 1. The van der Waals surface area contributed by atoms with Crippen molar-refractivity contribution in [2.24, 2.45) is 0 Å². The molecule has 1 unspecified atom stereocenters. The fraction of sp³-hybridized carbons (Fsp3) is 0.214. The highest BCUT2D eigenvalue weighted by Crippen LogP contribution is 2.39. The predicted octanol–water partition coefficient (Wildman–Crippen LogP) is 4.71. The fourth-order valence-electron chi connectivity index (χ4n) is 4.82. The Morgan fingerprint density at radius 3 is 2.21 bits per heavy atom. The molecule has 6 rings (SSSR count). The molecule has 2 aromatic heterocycles. The van der Waals surface area contributed by atoms with Crippen molar-refractivity contribution >= 4 is 47.9 Å². The normalized spacial score (nSPS) is 16.2. The van der Waals surface area contributed by atoms with Gasteiger partial charge in [-0.2, -0.15) is 0 Å². The molecule has 3 heterocycles. The summed E-state index contributed by atoms with van der Waals surface area (Å²) in [5.74, 6) is -0.111. The van der Waals surface area contributed by atoms with E-state index >= 15 is 0 Å². The van der Waals surface area contributed by atoms with E-state index in [9.17, 15) is 16.8 Å². The number of fused-ring (bicyclic) bond motifs is 2. The monoisotopic (exact) mass is 562 g/mol. The molecule has 200 valence electrons. The van der Waals surface area contributed by atoms with Crippen molar-refractivity contribution in [1.29, 1.82) is 0 Å². The summed E-state index contributed by atoms with van der Waals surface area (Å²) in [7, 11) is -8.41. The van der Waals surface area contributed by atoms with Gasteiger partial charge in [0.1, 0.15) is 16.2 Å². The molecule has 1 fully saturated rings. The largest absolute Gasteiger partial charge is 0.376 e. The van der Waals surface area contributed by atoms with Crippen molar-refractivity contribution in [3.8, 4) is 0 Å². The Bertz CT molecular complexity index is 1900. The Kier molecular flexibility index (Phi) is 6.37. The summed E-state index contributed by atoms with van der Waals surface area (Å²) in [5, 5.41) is 0. The minimum Gasteiger partial charge on any atom is -0.376 e. The Balaban J connectivity index is 1.67. The van der Waals surface area contributed by atoms with E-state index in [1.807, 2.05) is 13.0 Å². The Labute approximate surface area is 226 Å². The number of rotatable bonds is 7. The lowest BCUT2D eigenvalue weighted by molar-refractivity contribution is 0.0983. The van der Waals surface area contributed by atoms with Crippen LogP contribution in [0, 0.1) is 6.92 Å². The van der Waals surface area contributed by atoms with Crippen molar-refractivity contribution in [2.45, 2.75) is 47.1 Å². The highest BCUT2D eigenvalue weighted by atomic mass is 32.2. The van der Waals surface area contributed by atoms with Crippen LogP contribution >= 0.6 is 0 Å². The number of sulfone groups is 1. The maximum Gasteiger partial charge on any atom is 0.263 e. The zero-order chi connectivity index (χ0) is 27.2. The Morgan fingerprint density at radius 1 is 0.872 bits per heavy atom. The number of hydrogen-bond acceptors (Lipinski definition) is 7. The maximum atomic E-state index is 14.2. The number of sulfonamides is 1. The number of para-hydroxylation sites is 2. The molecule has 39 heavy (non-hydrogen) atoms. The van der Waals surface area contributed by atoms with E-state index in [1.54, 1.807) is 53.1 Å². The third-order valence-electron chi connectivity index (χ3n) is 6.80. The molecule has 0 amide bonds. The SMILES string of the molecule is Cc1ccc(S(=O)(=O)c2c(NS(=O)(=O)c3ccccc3)n(CC3CCCO3)c3nc4ccccc4nc23)cc1. The van der Waals surface area contributed by atoms with Gasteiger partial charge < -0.3 is 9.30 Å². The average molecular weight is 563 g/mol. The van der Waals surface area contributed by atoms with Gasteiger partial charge in [0, 0.05) is 6.61 Å². The molecule has 1 saturated heterocycles. The number of benzene rings is 3. The van der Waals surface area contributed by atoms with Crippen LogP contribution in [0.2, 0.25) is 0 Å². The summed E-state index contributed by atoms with van der Waals surface area (Å²) in [4.78, 5) is 9.27. The van der Waals surface area contributed by atoms with Gasteiger partial charge in [0.05, 0.1) is 33.5 Å². The quantitative estimate of drug-likeness (QED) is 0.305. The van der Waals surface area contributed by atoms with E-state index in [0.29, 0.717) is 17.6 Å². The van der Waals surface area contributed by atoms with Crippen LogP contribution in [0.1, 0.15) is 18.4 Å². The lowest BCUT2D eigenvalue weighted by atomic mass is 10.2. The minimum absolute atomic E-state index is 0.00341. The van der Waals surface area contributed by atoms with Crippen LogP contribution in [0.25, 0.3) is 22.2 Å². The van der Waals surface area contributed by atoms with Gasteiger partial charge >= 0.3 is 0 Å². The molecule has 0 saturated carbocycles. The van der Waals surface area contributed by atoms with Crippen LogP contribution in [0.15, 0.2) is 93.5 Å². The van der Waals surface area contributed by atoms with E-state index < -0.39 is 19.9 Å². The highest BCUT2D eigenvalue weighted by Gasteiger charge is 2.34. The van der Waals surface area contributed by atoms with Gasteiger partial charge in [-0.05, 0) is 56.2 Å². The second kappa shape index (κ2) is 9.74. The molecular formula is C28H26N4O5S2. The number of anilines is 1. The molecule has 9 nitrogen and oxygen atoms in total. The Hall–Kier alpha value is -3.80. The van der Waals surface area contributed by atoms with Crippen molar-refractivity contribution < 1.29 is 21.6 Å². The molecule has 0 bridgehead atoms. The first-order valence-electron chi connectivity index (χ1n) is 12.5. The van der Waals surface area contributed by atoms with Gasteiger partial charge in [0.15, 0.2) is 5.65 Å². The van der Waals surface area contributed by atoms with Crippen LogP contribution in [0.3, 0.4) is 0 Å². The van der Waals surface area contributed by atoms with Crippen LogP contribution in [-0.4, -0.2) is 44.1 Å². The van der Waals surface area contributed by atoms with Crippen molar-refractivity contribution in [3.63, 3.8) is 0 Å².